The minimum Gasteiger partial charge on any atom is -0.495 e. The van der Waals surface area contributed by atoms with Crippen molar-refractivity contribution in [3.8, 4) is 5.75 Å². The Morgan fingerprint density at radius 1 is 1.00 bits per heavy atom. The van der Waals surface area contributed by atoms with Crippen molar-refractivity contribution in [3.63, 3.8) is 0 Å². The van der Waals surface area contributed by atoms with Crippen LogP contribution in [0.25, 0.3) is 0 Å². The van der Waals surface area contributed by atoms with Gasteiger partial charge in [-0.2, -0.15) is 0 Å². The van der Waals surface area contributed by atoms with E-state index in [0.29, 0.717) is 22.8 Å². The summed E-state index contributed by atoms with van der Waals surface area (Å²) < 4.78 is 36.3. The number of nitrogens with one attached hydrogen (secondary N) is 2. The fourth-order valence-corrected chi connectivity index (χ4v) is 5.40. The molecule has 35 heavy (non-hydrogen) atoms. The fourth-order valence-electron chi connectivity index (χ4n) is 4.08. The van der Waals surface area contributed by atoms with Gasteiger partial charge in [-0.15, -0.1) is 0 Å². The molecule has 1 aliphatic heterocycles. The first kappa shape index (κ1) is 24.3. The molecule has 3 aromatic rings. The summed E-state index contributed by atoms with van der Waals surface area (Å²) in [6.07, 6.45) is 4.58. The Morgan fingerprint density at radius 3 is 2.49 bits per heavy atom. The lowest BCUT2D eigenvalue weighted by atomic mass is 10.1. The molecule has 1 aromatic heterocycles. The predicted molar refractivity (Wildman–Crippen MR) is 136 cm³/mol. The zero-order valence-corrected chi connectivity index (χ0v) is 20.3. The summed E-state index contributed by atoms with van der Waals surface area (Å²) in [6, 6.07) is 16.2. The number of aromatic nitrogens is 1. The lowest BCUT2D eigenvalue weighted by Crippen LogP contribution is -2.31. The maximum atomic E-state index is 13.6. The van der Waals surface area contributed by atoms with E-state index in [-0.39, 0.29) is 17.0 Å². The first-order chi connectivity index (χ1) is 16.9. The average Bonchev–Trinajstić information content (AvgIpc) is 2.86. The van der Waals surface area contributed by atoms with Crippen LogP contribution in [0.3, 0.4) is 0 Å². The summed E-state index contributed by atoms with van der Waals surface area (Å²) in [5.74, 6) is -0.0431. The highest BCUT2D eigenvalue weighted by Crippen LogP contribution is 2.33. The van der Waals surface area contributed by atoms with E-state index in [9.17, 15) is 18.0 Å². The van der Waals surface area contributed by atoms with Gasteiger partial charge in [0.1, 0.15) is 17.2 Å². The smallest absolute Gasteiger partial charge is 0.264 e. The number of pyridine rings is 1. The van der Waals surface area contributed by atoms with Crippen LogP contribution in [0.1, 0.15) is 19.3 Å². The molecule has 4 rings (SSSR count). The van der Waals surface area contributed by atoms with E-state index in [1.807, 2.05) is 0 Å². The molecule has 1 amide bonds. The number of hydrogen-bond acceptors (Lipinski definition) is 6. The minimum absolute atomic E-state index is 0.0555. The lowest BCUT2D eigenvalue weighted by molar-refractivity contribution is -0.116. The van der Waals surface area contributed by atoms with Gasteiger partial charge in [0.15, 0.2) is 0 Å². The van der Waals surface area contributed by atoms with E-state index < -0.39 is 15.9 Å². The Morgan fingerprint density at radius 2 is 1.74 bits per heavy atom. The SMILES string of the molecule is COc1ccccc1NS(=O)(=O)c1cc(NC(=O)Cn2ccccc2=O)ccc1N1CCCCC1. The van der Waals surface area contributed by atoms with Crippen LogP contribution in [0, 0.1) is 0 Å². The largest absolute Gasteiger partial charge is 0.495 e. The summed E-state index contributed by atoms with van der Waals surface area (Å²) in [5.41, 5.74) is 0.911. The summed E-state index contributed by atoms with van der Waals surface area (Å²) in [5, 5.41) is 2.71. The fraction of sp³-hybridized carbons (Fsp3) is 0.280. The number of amides is 1. The number of benzene rings is 2. The van der Waals surface area contributed by atoms with Crippen LogP contribution in [0.15, 0.2) is 76.6 Å². The topological polar surface area (TPSA) is 110 Å². The summed E-state index contributed by atoms with van der Waals surface area (Å²) in [6.45, 7) is 1.31. The second-order valence-corrected chi connectivity index (χ2v) is 9.90. The molecule has 0 saturated carbocycles. The molecule has 10 heteroatoms. The molecule has 0 bridgehead atoms. The van der Waals surface area contributed by atoms with Gasteiger partial charge in [-0.3, -0.25) is 14.3 Å². The van der Waals surface area contributed by atoms with Crippen molar-refractivity contribution >= 4 is 33.0 Å². The Hall–Kier alpha value is -3.79. The molecule has 0 unspecified atom stereocenters. The molecular formula is C25H28N4O5S. The van der Waals surface area contributed by atoms with E-state index >= 15 is 0 Å². The van der Waals surface area contributed by atoms with E-state index in [0.717, 1.165) is 32.4 Å². The Kier molecular flexibility index (Phi) is 7.40. The van der Waals surface area contributed by atoms with Crippen LogP contribution >= 0.6 is 0 Å². The summed E-state index contributed by atoms with van der Waals surface area (Å²) in [7, 11) is -2.56. The van der Waals surface area contributed by atoms with Crippen molar-refractivity contribution in [1.29, 1.82) is 0 Å². The van der Waals surface area contributed by atoms with E-state index in [1.165, 1.54) is 30.0 Å². The van der Waals surface area contributed by atoms with E-state index in [4.69, 9.17) is 4.74 Å². The van der Waals surface area contributed by atoms with Crippen molar-refractivity contribution < 1.29 is 17.9 Å². The molecule has 2 N–H and O–H groups in total. The number of sulfonamides is 1. The van der Waals surface area contributed by atoms with Crippen LogP contribution in [0.4, 0.5) is 17.1 Å². The Bertz CT molecular complexity index is 1360. The highest BCUT2D eigenvalue weighted by Gasteiger charge is 2.25. The van der Waals surface area contributed by atoms with Gasteiger partial charge in [0, 0.05) is 31.0 Å². The molecule has 9 nitrogen and oxygen atoms in total. The van der Waals surface area contributed by atoms with Crippen LogP contribution in [-0.4, -0.2) is 39.1 Å². The molecule has 1 fully saturated rings. The number of rotatable bonds is 8. The van der Waals surface area contributed by atoms with Crippen molar-refractivity contribution in [2.75, 3.05) is 35.1 Å². The van der Waals surface area contributed by atoms with Crippen molar-refractivity contribution in [2.45, 2.75) is 30.7 Å². The van der Waals surface area contributed by atoms with Gasteiger partial charge in [-0.05, 0) is 55.7 Å². The molecule has 0 aliphatic carbocycles. The average molecular weight is 497 g/mol. The highest BCUT2D eigenvalue weighted by atomic mass is 32.2. The number of para-hydroxylation sites is 2. The number of ether oxygens (including phenoxy) is 1. The normalized spacial score (nSPS) is 13.8. The van der Waals surface area contributed by atoms with Crippen LogP contribution in [0.2, 0.25) is 0 Å². The molecule has 0 radical (unpaired) electrons. The van der Waals surface area contributed by atoms with Gasteiger partial charge in [-0.1, -0.05) is 18.2 Å². The summed E-state index contributed by atoms with van der Waals surface area (Å²) in [4.78, 5) is 26.6. The zero-order chi connectivity index (χ0) is 24.8. The van der Waals surface area contributed by atoms with E-state index in [2.05, 4.69) is 14.9 Å². The van der Waals surface area contributed by atoms with Gasteiger partial charge >= 0.3 is 0 Å². The van der Waals surface area contributed by atoms with Crippen LogP contribution < -0.4 is 25.2 Å². The number of carbonyl (C=O) groups is 1. The van der Waals surface area contributed by atoms with Gasteiger partial charge in [-0.25, -0.2) is 8.42 Å². The molecular weight excluding hydrogens is 468 g/mol. The second kappa shape index (κ2) is 10.6. The highest BCUT2D eigenvalue weighted by molar-refractivity contribution is 7.93. The lowest BCUT2D eigenvalue weighted by Gasteiger charge is -2.30. The molecule has 184 valence electrons. The number of nitrogens with zero attached hydrogens (tertiary/aromatic N) is 2. The standard InChI is InChI=1S/C25H28N4O5S/c1-34-22-10-4-3-9-20(22)27-35(32,33)23-17-19(12-13-21(23)28-14-6-2-7-15-28)26-24(30)18-29-16-8-5-11-25(29)31/h3-5,8-13,16-17,27H,2,6-7,14-15,18H2,1H3,(H,26,30). The molecule has 0 spiro atoms. The summed E-state index contributed by atoms with van der Waals surface area (Å²) >= 11 is 0. The Labute approximate surface area is 204 Å². The molecule has 2 heterocycles. The maximum absolute atomic E-state index is 13.6. The third kappa shape index (κ3) is 5.83. The van der Waals surface area contributed by atoms with Crippen LogP contribution in [-0.2, 0) is 21.4 Å². The molecule has 1 aliphatic rings. The maximum Gasteiger partial charge on any atom is 0.264 e. The van der Waals surface area contributed by atoms with Gasteiger partial charge in [0.25, 0.3) is 15.6 Å². The number of carbonyl (C=O) groups excluding carboxylic acids is 1. The minimum atomic E-state index is -4.03. The van der Waals surface area contributed by atoms with E-state index in [1.54, 1.807) is 48.5 Å². The molecule has 2 aromatic carbocycles. The monoisotopic (exact) mass is 496 g/mol. The van der Waals surface area contributed by atoms with Crippen molar-refractivity contribution in [2.24, 2.45) is 0 Å². The van der Waals surface area contributed by atoms with Gasteiger partial charge < -0.3 is 19.5 Å². The number of anilines is 3. The van der Waals surface area contributed by atoms with Crippen LogP contribution in [0.5, 0.6) is 5.75 Å². The van der Waals surface area contributed by atoms with Gasteiger partial charge in [0.05, 0.1) is 18.5 Å². The zero-order valence-electron chi connectivity index (χ0n) is 19.4. The quantitative estimate of drug-likeness (QED) is 0.495. The molecule has 1 saturated heterocycles. The molecule has 0 atom stereocenters. The second-order valence-electron chi connectivity index (χ2n) is 8.25. The predicted octanol–water partition coefficient (Wildman–Crippen LogP) is 3.29. The third-order valence-electron chi connectivity index (χ3n) is 5.79. The Balaban J connectivity index is 1.66. The first-order valence-electron chi connectivity index (χ1n) is 11.4. The van der Waals surface area contributed by atoms with Gasteiger partial charge in [0.2, 0.25) is 5.91 Å². The first-order valence-corrected chi connectivity index (χ1v) is 12.9. The number of piperidine rings is 1. The number of methoxy groups -OCH3 is 1. The third-order valence-corrected chi connectivity index (χ3v) is 7.19. The van der Waals surface area contributed by atoms with Crippen molar-refractivity contribution in [3.05, 3.63) is 77.2 Å². The number of hydrogen-bond donors (Lipinski definition) is 2. The van der Waals surface area contributed by atoms with Crippen molar-refractivity contribution in [1.82, 2.24) is 4.57 Å².